The van der Waals surface area contributed by atoms with Gasteiger partial charge in [0.2, 0.25) is 5.91 Å². The third kappa shape index (κ3) is 4.09. The molecule has 2 aliphatic rings. The van der Waals surface area contributed by atoms with Crippen LogP contribution >= 0.6 is 11.6 Å². The molecule has 2 aromatic carbocycles. The Hall–Kier alpha value is -2.57. The maximum Gasteiger partial charge on any atom is 0.254 e. The highest BCUT2D eigenvalue weighted by Gasteiger charge is 2.43. The van der Waals surface area contributed by atoms with Crippen molar-refractivity contribution in [2.24, 2.45) is 0 Å². The fourth-order valence-electron chi connectivity index (χ4n) is 3.98. The molecule has 2 fully saturated rings. The van der Waals surface area contributed by atoms with Gasteiger partial charge in [0.25, 0.3) is 5.91 Å². The van der Waals surface area contributed by atoms with Gasteiger partial charge in [-0.2, -0.15) is 0 Å². The zero-order valence-electron chi connectivity index (χ0n) is 16.2. The van der Waals surface area contributed by atoms with E-state index in [2.05, 4.69) is 0 Å². The van der Waals surface area contributed by atoms with E-state index in [1.165, 1.54) is 7.11 Å². The Balaban J connectivity index is 1.54. The van der Waals surface area contributed by atoms with E-state index in [1.54, 1.807) is 23.1 Å². The number of benzene rings is 2. The van der Waals surface area contributed by atoms with Gasteiger partial charge in [0.05, 0.1) is 37.3 Å². The Kier molecular flexibility index (Phi) is 5.74. The van der Waals surface area contributed by atoms with Crippen molar-refractivity contribution < 1.29 is 19.1 Å². The summed E-state index contributed by atoms with van der Waals surface area (Å²) in [4.78, 5) is 29.4. The molecule has 2 saturated heterocycles. The molecule has 152 valence electrons. The standard InChI is InChI=1S/C22H23ClN2O4/c1-28-19-8-7-16(11-17(19)23)22(27)24-13-18-20(14-24)29-10-9-21(26)25(18)12-15-5-3-2-4-6-15/h2-8,11,18,20H,9-10,12-14H2,1H3/t18-,20-/m0/s1. The number of hydrogen-bond donors (Lipinski definition) is 0. The zero-order valence-corrected chi connectivity index (χ0v) is 17.0. The molecule has 0 aromatic heterocycles. The number of likely N-dealkylation sites (tertiary alicyclic amines) is 1. The highest BCUT2D eigenvalue weighted by Crippen LogP contribution is 2.29. The lowest BCUT2D eigenvalue weighted by molar-refractivity contribution is -0.133. The second-order valence-corrected chi connectivity index (χ2v) is 7.70. The molecule has 2 amide bonds. The molecule has 4 rings (SSSR count). The van der Waals surface area contributed by atoms with Gasteiger partial charge in [0.15, 0.2) is 0 Å². The monoisotopic (exact) mass is 414 g/mol. The van der Waals surface area contributed by atoms with E-state index >= 15 is 0 Å². The molecule has 0 radical (unpaired) electrons. The molecule has 0 N–H and O–H groups in total. The predicted octanol–water partition coefficient (Wildman–Crippen LogP) is 2.99. The third-order valence-corrected chi connectivity index (χ3v) is 5.78. The van der Waals surface area contributed by atoms with Gasteiger partial charge in [-0.1, -0.05) is 41.9 Å². The van der Waals surface area contributed by atoms with Gasteiger partial charge in [0, 0.05) is 25.2 Å². The average Bonchev–Trinajstić information content (AvgIpc) is 3.10. The smallest absolute Gasteiger partial charge is 0.254 e. The highest BCUT2D eigenvalue weighted by atomic mass is 35.5. The first-order valence-corrected chi connectivity index (χ1v) is 10.0. The Bertz CT molecular complexity index is 905. The first-order chi connectivity index (χ1) is 14.1. The van der Waals surface area contributed by atoms with Gasteiger partial charge in [-0.25, -0.2) is 0 Å². The summed E-state index contributed by atoms with van der Waals surface area (Å²) >= 11 is 6.18. The van der Waals surface area contributed by atoms with Crippen molar-refractivity contribution in [2.45, 2.75) is 25.1 Å². The largest absolute Gasteiger partial charge is 0.495 e. The minimum atomic E-state index is -0.192. The van der Waals surface area contributed by atoms with Gasteiger partial charge in [-0.15, -0.1) is 0 Å². The van der Waals surface area contributed by atoms with E-state index in [1.807, 2.05) is 35.2 Å². The number of ether oxygens (including phenoxy) is 2. The van der Waals surface area contributed by atoms with Crippen LogP contribution in [0.25, 0.3) is 0 Å². The van der Waals surface area contributed by atoms with Crippen LogP contribution in [-0.4, -0.2) is 60.6 Å². The number of carbonyl (C=O) groups is 2. The lowest BCUT2D eigenvalue weighted by atomic mass is 10.1. The van der Waals surface area contributed by atoms with E-state index in [-0.39, 0.29) is 24.0 Å². The molecular weight excluding hydrogens is 392 g/mol. The SMILES string of the molecule is COc1ccc(C(=O)N2C[C@@H]3OCCC(=O)N(Cc4ccccc4)[C@H]3C2)cc1Cl. The molecule has 29 heavy (non-hydrogen) atoms. The topological polar surface area (TPSA) is 59.1 Å². The van der Waals surface area contributed by atoms with Crippen LogP contribution in [-0.2, 0) is 16.1 Å². The maximum absolute atomic E-state index is 13.0. The van der Waals surface area contributed by atoms with E-state index in [0.29, 0.717) is 49.0 Å². The van der Waals surface area contributed by atoms with Gasteiger partial charge in [-0.3, -0.25) is 9.59 Å². The number of nitrogens with zero attached hydrogens (tertiary/aromatic N) is 2. The van der Waals surface area contributed by atoms with E-state index in [9.17, 15) is 9.59 Å². The quantitative estimate of drug-likeness (QED) is 0.771. The van der Waals surface area contributed by atoms with Crippen LogP contribution in [0.15, 0.2) is 48.5 Å². The van der Waals surface area contributed by atoms with E-state index < -0.39 is 0 Å². The summed E-state index contributed by atoms with van der Waals surface area (Å²) in [6, 6.07) is 14.7. The summed E-state index contributed by atoms with van der Waals surface area (Å²) in [5, 5.41) is 0.392. The Morgan fingerprint density at radius 2 is 2.00 bits per heavy atom. The van der Waals surface area contributed by atoms with Gasteiger partial charge < -0.3 is 19.3 Å². The lowest BCUT2D eigenvalue weighted by Crippen LogP contribution is -2.45. The number of carbonyl (C=O) groups excluding carboxylic acids is 2. The molecule has 0 saturated carbocycles. The minimum absolute atomic E-state index is 0.0585. The molecule has 6 nitrogen and oxygen atoms in total. The van der Waals surface area contributed by atoms with Crippen LogP contribution in [0.4, 0.5) is 0 Å². The number of rotatable bonds is 4. The zero-order chi connectivity index (χ0) is 20.4. The summed E-state index contributed by atoms with van der Waals surface area (Å²) in [5.74, 6) is 0.458. The van der Waals surface area contributed by atoms with Crippen LogP contribution in [0.1, 0.15) is 22.3 Å². The summed E-state index contributed by atoms with van der Waals surface area (Å²) in [6.07, 6.45) is 0.171. The third-order valence-electron chi connectivity index (χ3n) is 5.49. The summed E-state index contributed by atoms with van der Waals surface area (Å²) in [5.41, 5.74) is 1.56. The van der Waals surface area contributed by atoms with Crippen molar-refractivity contribution in [3.8, 4) is 5.75 Å². The number of fused-ring (bicyclic) bond motifs is 1. The van der Waals surface area contributed by atoms with E-state index in [0.717, 1.165) is 5.56 Å². The predicted molar refractivity (Wildman–Crippen MR) is 109 cm³/mol. The van der Waals surface area contributed by atoms with Crippen LogP contribution in [0, 0.1) is 0 Å². The Morgan fingerprint density at radius 3 is 2.72 bits per heavy atom. The molecule has 0 bridgehead atoms. The first kappa shape index (κ1) is 19.7. The molecular formula is C22H23ClN2O4. The molecule has 2 aromatic rings. The van der Waals surface area contributed by atoms with Crippen molar-refractivity contribution in [2.75, 3.05) is 26.8 Å². The van der Waals surface area contributed by atoms with Gasteiger partial charge in [-0.05, 0) is 23.8 Å². The van der Waals surface area contributed by atoms with Crippen molar-refractivity contribution >= 4 is 23.4 Å². The van der Waals surface area contributed by atoms with Crippen LogP contribution in [0.5, 0.6) is 5.75 Å². The van der Waals surface area contributed by atoms with Crippen LogP contribution in [0.2, 0.25) is 5.02 Å². The lowest BCUT2D eigenvalue weighted by Gasteiger charge is -2.29. The molecule has 7 heteroatoms. The van der Waals surface area contributed by atoms with Crippen molar-refractivity contribution in [3.63, 3.8) is 0 Å². The molecule has 0 aliphatic carbocycles. The maximum atomic E-state index is 13.0. The van der Waals surface area contributed by atoms with Gasteiger partial charge in [0.1, 0.15) is 5.75 Å². The molecule has 2 atom stereocenters. The number of halogens is 1. The second-order valence-electron chi connectivity index (χ2n) is 7.29. The van der Waals surface area contributed by atoms with Crippen molar-refractivity contribution in [3.05, 3.63) is 64.7 Å². The second kappa shape index (κ2) is 8.43. The molecule has 2 heterocycles. The molecule has 2 aliphatic heterocycles. The van der Waals surface area contributed by atoms with Crippen LogP contribution < -0.4 is 4.74 Å². The van der Waals surface area contributed by atoms with Crippen molar-refractivity contribution in [1.29, 1.82) is 0 Å². The molecule has 0 spiro atoms. The fourth-order valence-corrected chi connectivity index (χ4v) is 4.24. The van der Waals surface area contributed by atoms with Gasteiger partial charge >= 0.3 is 0 Å². The Morgan fingerprint density at radius 1 is 1.21 bits per heavy atom. The highest BCUT2D eigenvalue weighted by molar-refractivity contribution is 6.32. The average molecular weight is 415 g/mol. The van der Waals surface area contributed by atoms with Crippen LogP contribution in [0.3, 0.4) is 0 Å². The Labute approximate surface area is 174 Å². The summed E-state index contributed by atoms with van der Waals surface area (Å²) in [6.45, 7) is 1.78. The normalized spacial score (nSPS) is 21.7. The molecule has 0 unspecified atom stereocenters. The fraction of sp³-hybridized carbons (Fsp3) is 0.364. The first-order valence-electron chi connectivity index (χ1n) is 9.64. The number of amides is 2. The number of methoxy groups -OCH3 is 1. The van der Waals surface area contributed by atoms with Crippen molar-refractivity contribution in [1.82, 2.24) is 9.80 Å². The number of hydrogen-bond acceptors (Lipinski definition) is 4. The minimum Gasteiger partial charge on any atom is -0.495 e. The van der Waals surface area contributed by atoms with E-state index in [4.69, 9.17) is 21.1 Å². The summed E-state index contributed by atoms with van der Waals surface area (Å²) < 4.78 is 11.1. The summed E-state index contributed by atoms with van der Waals surface area (Å²) in [7, 11) is 1.53.